The van der Waals surface area contributed by atoms with Gasteiger partial charge in [0.25, 0.3) is 5.91 Å². The number of hydrogen-bond acceptors (Lipinski definition) is 7. The minimum Gasteiger partial charge on any atom is -0.475 e. The summed E-state index contributed by atoms with van der Waals surface area (Å²) in [6.07, 6.45) is -9.60. The first-order valence-corrected chi connectivity index (χ1v) is 13.0. The number of halogens is 9. The van der Waals surface area contributed by atoms with Crippen molar-refractivity contribution < 1.29 is 74.0 Å². The average Bonchev–Trinajstić information content (AvgIpc) is 3.64. The zero-order chi connectivity index (χ0) is 36.4. The van der Waals surface area contributed by atoms with Gasteiger partial charge in [-0.2, -0.15) is 39.5 Å². The lowest BCUT2D eigenvalue weighted by molar-refractivity contribution is -0.193. The number of nitrogens with zero attached hydrogens (tertiary/aromatic N) is 5. The number of carbonyl (C=O) groups excluding carboxylic acids is 1. The van der Waals surface area contributed by atoms with Crippen molar-refractivity contribution in [2.24, 2.45) is 0 Å². The molecular weight excluding hydrogens is 677 g/mol. The number of amides is 1. The molecule has 3 aromatic heterocycles. The highest BCUT2D eigenvalue weighted by Crippen LogP contribution is 2.35. The van der Waals surface area contributed by atoms with Crippen LogP contribution in [0.1, 0.15) is 27.9 Å². The summed E-state index contributed by atoms with van der Waals surface area (Å²) in [6, 6.07) is 16.2. The molecule has 1 saturated heterocycles. The van der Waals surface area contributed by atoms with E-state index in [9.17, 15) is 44.3 Å². The summed E-state index contributed by atoms with van der Waals surface area (Å²) in [5, 5.41) is 21.4. The molecule has 1 fully saturated rings. The van der Waals surface area contributed by atoms with E-state index in [0.717, 1.165) is 36.7 Å². The topological polar surface area (TPSA) is 166 Å². The Morgan fingerprint density at radius 1 is 0.667 bits per heavy atom. The van der Waals surface area contributed by atoms with Gasteiger partial charge in [0.15, 0.2) is 0 Å². The van der Waals surface area contributed by atoms with Gasteiger partial charge in [0.05, 0.1) is 30.0 Å². The van der Waals surface area contributed by atoms with E-state index in [1.807, 2.05) is 59.8 Å². The molecule has 3 N–H and O–H groups in total. The zero-order valence-electron chi connectivity index (χ0n) is 23.9. The lowest BCUT2D eigenvalue weighted by atomic mass is 10.1. The molecule has 5 rings (SSSR count). The molecule has 2 aliphatic rings. The smallest absolute Gasteiger partial charge is 0.475 e. The van der Waals surface area contributed by atoms with E-state index >= 15 is 0 Å². The van der Waals surface area contributed by atoms with Gasteiger partial charge in [-0.3, -0.25) is 19.7 Å². The number of aromatic nitrogens is 3. The number of aliphatic carboxylic acids is 3. The predicted molar refractivity (Wildman–Crippen MR) is 142 cm³/mol. The lowest BCUT2D eigenvalue weighted by Crippen LogP contribution is -2.49. The van der Waals surface area contributed by atoms with Crippen molar-refractivity contribution in [1.29, 1.82) is 0 Å². The maximum atomic E-state index is 13.1. The predicted octanol–water partition coefficient (Wildman–Crippen LogP) is 4.26. The molecule has 0 bridgehead atoms. The van der Waals surface area contributed by atoms with Gasteiger partial charge in [-0.15, -0.1) is 0 Å². The number of alkyl halides is 9. The summed E-state index contributed by atoms with van der Waals surface area (Å²) in [7, 11) is 0. The standard InChI is InChI=1S/C21H21N5O.3C2HF3O2/c27-21-18-8-5-11-25(18)19-14-24(12-16-6-1-3-9-22-16)15-20(19)26(21)13-17-7-2-4-10-23-17;3*3-2(4,5)1(6)7/h1-11,19-20H,12-15H2;3*(H,6,7). The average molecular weight is 701 g/mol. The van der Waals surface area contributed by atoms with Crippen LogP contribution < -0.4 is 0 Å². The molecule has 0 saturated carbocycles. The molecule has 262 valence electrons. The van der Waals surface area contributed by atoms with Crippen molar-refractivity contribution in [2.75, 3.05) is 13.1 Å². The Bertz CT molecular complexity index is 1480. The summed E-state index contributed by atoms with van der Waals surface area (Å²) in [5.74, 6) is -8.18. The zero-order valence-corrected chi connectivity index (χ0v) is 23.9. The van der Waals surface area contributed by atoms with E-state index < -0.39 is 36.4 Å². The van der Waals surface area contributed by atoms with Crippen LogP contribution >= 0.6 is 0 Å². The van der Waals surface area contributed by atoms with Crippen molar-refractivity contribution in [3.05, 3.63) is 84.2 Å². The molecule has 1 amide bonds. The molecule has 12 nitrogen and oxygen atoms in total. The molecule has 3 aromatic rings. The highest BCUT2D eigenvalue weighted by molar-refractivity contribution is 5.94. The van der Waals surface area contributed by atoms with Crippen LogP contribution in [0.3, 0.4) is 0 Å². The second-order valence-electron chi connectivity index (χ2n) is 9.61. The van der Waals surface area contributed by atoms with Gasteiger partial charge in [-0.1, -0.05) is 12.1 Å². The first-order chi connectivity index (χ1) is 22.1. The fourth-order valence-electron chi connectivity index (χ4n) is 4.29. The van der Waals surface area contributed by atoms with E-state index in [1.54, 1.807) is 6.20 Å². The molecule has 48 heavy (non-hydrogen) atoms. The van der Waals surface area contributed by atoms with Crippen LogP contribution in [0.2, 0.25) is 0 Å². The molecule has 21 heteroatoms. The number of rotatable bonds is 4. The number of likely N-dealkylation sites (tertiary alicyclic amines) is 1. The van der Waals surface area contributed by atoms with Crippen LogP contribution in [-0.2, 0) is 27.5 Å². The number of carboxylic acid groups (broad SMARTS) is 3. The van der Waals surface area contributed by atoms with E-state index in [2.05, 4.69) is 25.5 Å². The van der Waals surface area contributed by atoms with E-state index in [4.69, 9.17) is 29.7 Å². The third-order valence-electron chi connectivity index (χ3n) is 6.25. The van der Waals surface area contributed by atoms with Gasteiger partial charge in [-0.25, -0.2) is 14.4 Å². The summed E-state index contributed by atoms with van der Waals surface area (Å²) in [4.78, 5) is 53.1. The van der Waals surface area contributed by atoms with Crippen molar-refractivity contribution in [3.8, 4) is 0 Å². The molecule has 0 radical (unpaired) electrons. The first-order valence-electron chi connectivity index (χ1n) is 13.0. The van der Waals surface area contributed by atoms with Crippen molar-refractivity contribution in [3.63, 3.8) is 0 Å². The Morgan fingerprint density at radius 3 is 1.48 bits per heavy atom. The molecule has 0 aliphatic carbocycles. The molecule has 2 aliphatic heterocycles. The lowest BCUT2D eigenvalue weighted by Gasteiger charge is -2.38. The van der Waals surface area contributed by atoms with Crippen molar-refractivity contribution in [1.82, 2.24) is 24.3 Å². The maximum Gasteiger partial charge on any atom is 0.490 e. The van der Waals surface area contributed by atoms with E-state index in [0.29, 0.717) is 6.54 Å². The number of fused-ring (bicyclic) bond motifs is 3. The highest BCUT2D eigenvalue weighted by Gasteiger charge is 2.45. The molecule has 2 unspecified atom stereocenters. The van der Waals surface area contributed by atoms with Crippen LogP contribution in [0.4, 0.5) is 39.5 Å². The quantitative estimate of drug-likeness (QED) is 0.335. The first kappa shape index (κ1) is 39.0. The van der Waals surface area contributed by atoms with Crippen molar-refractivity contribution >= 4 is 23.8 Å². The second-order valence-corrected chi connectivity index (χ2v) is 9.61. The van der Waals surface area contributed by atoms with Gasteiger partial charge < -0.3 is 24.8 Å². The van der Waals surface area contributed by atoms with Gasteiger partial charge in [0.1, 0.15) is 5.69 Å². The third kappa shape index (κ3) is 11.5. The van der Waals surface area contributed by atoms with Gasteiger partial charge in [0, 0.05) is 38.2 Å². The Labute approximate surface area is 263 Å². The Kier molecular flexibility index (Phi) is 13.0. The Morgan fingerprint density at radius 2 is 1.08 bits per heavy atom. The largest absolute Gasteiger partial charge is 0.490 e. The molecule has 0 spiro atoms. The molecular formula is C27H24F9N5O7. The molecule has 0 aromatic carbocycles. The molecule has 5 heterocycles. The fourth-order valence-corrected chi connectivity index (χ4v) is 4.29. The monoisotopic (exact) mass is 701 g/mol. The number of hydrogen-bond donors (Lipinski definition) is 3. The fraction of sp³-hybridized carbons (Fsp3) is 0.333. The van der Waals surface area contributed by atoms with Crippen LogP contribution in [-0.4, -0.2) is 101 Å². The van der Waals surface area contributed by atoms with Crippen molar-refractivity contribution in [2.45, 2.75) is 43.7 Å². The minimum atomic E-state index is -5.08. The van der Waals surface area contributed by atoms with E-state index in [1.165, 1.54) is 0 Å². The normalized spacial score (nSPS) is 17.3. The number of carboxylic acids is 3. The van der Waals surface area contributed by atoms with Crippen LogP contribution in [0.15, 0.2) is 67.1 Å². The summed E-state index contributed by atoms with van der Waals surface area (Å²) >= 11 is 0. The SMILES string of the molecule is O=C(O)C(F)(F)F.O=C(O)C(F)(F)F.O=C(O)C(F)(F)F.O=C1c2cccn2C2CN(Cc3ccccn3)CC2N1Cc1ccccn1. The molecule has 2 atom stereocenters. The van der Waals surface area contributed by atoms with E-state index in [-0.39, 0.29) is 18.0 Å². The van der Waals surface area contributed by atoms with Crippen LogP contribution in [0.25, 0.3) is 0 Å². The second kappa shape index (κ2) is 16.1. The van der Waals surface area contributed by atoms with Gasteiger partial charge in [0.2, 0.25) is 0 Å². The summed E-state index contributed by atoms with van der Waals surface area (Å²) in [5.41, 5.74) is 2.76. The minimum absolute atomic E-state index is 0.0894. The summed E-state index contributed by atoms with van der Waals surface area (Å²) in [6.45, 7) is 3.10. The van der Waals surface area contributed by atoms with Crippen LogP contribution in [0.5, 0.6) is 0 Å². The Balaban J connectivity index is 0.000000313. The van der Waals surface area contributed by atoms with Gasteiger partial charge >= 0.3 is 36.4 Å². The maximum absolute atomic E-state index is 13.1. The van der Waals surface area contributed by atoms with Crippen LogP contribution in [0, 0.1) is 0 Å². The third-order valence-corrected chi connectivity index (χ3v) is 6.25. The number of pyridine rings is 2. The van der Waals surface area contributed by atoms with Gasteiger partial charge in [-0.05, 0) is 36.4 Å². The Hall–Kier alpha value is -5.21. The number of carbonyl (C=O) groups is 4. The summed E-state index contributed by atoms with van der Waals surface area (Å²) < 4.78 is 97.4. The highest BCUT2D eigenvalue weighted by atomic mass is 19.4.